The number of amides is 2. The van der Waals surface area contributed by atoms with Gasteiger partial charge in [-0.1, -0.05) is 37.3 Å². The maximum absolute atomic E-state index is 12.2. The minimum Gasteiger partial charge on any atom is -0.361 e. The Kier molecular flexibility index (Phi) is 4.10. The van der Waals surface area contributed by atoms with Crippen LogP contribution < -0.4 is 10.6 Å². The summed E-state index contributed by atoms with van der Waals surface area (Å²) < 4.78 is 0. The lowest BCUT2D eigenvalue weighted by molar-refractivity contribution is 0.248. The topological polar surface area (TPSA) is 56.9 Å². The summed E-state index contributed by atoms with van der Waals surface area (Å²) in [4.78, 5) is 15.3. The molecule has 2 amide bonds. The Labute approximate surface area is 129 Å². The molecular weight excluding hydrogens is 274 g/mol. The Balaban J connectivity index is 1.68. The summed E-state index contributed by atoms with van der Waals surface area (Å²) in [5.74, 6) is 0. The van der Waals surface area contributed by atoms with Gasteiger partial charge in [-0.25, -0.2) is 4.79 Å². The van der Waals surface area contributed by atoms with Crippen LogP contribution in [0.15, 0.2) is 60.8 Å². The molecule has 1 heterocycles. The van der Waals surface area contributed by atoms with Crippen molar-refractivity contribution in [3.63, 3.8) is 0 Å². The van der Waals surface area contributed by atoms with Crippen LogP contribution in [0.2, 0.25) is 0 Å². The highest BCUT2D eigenvalue weighted by Gasteiger charge is 2.12. The van der Waals surface area contributed by atoms with Crippen LogP contribution in [0.3, 0.4) is 0 Å². The Hall–Kier alpha value is -2.75. The molecule has 4 nitrogen and oxygen atoms in total. The molecule has 0 aliphatic rings. The van der Waals surface area contributed by atoms with E-state index < -0.39 is 0 Å². The monoisotopic (exact) mass is 293 g/mol. The van der Waals surface area contributed by atoms with Crippen LogP contribution in [0.1, 0.15) is 24.9 Å². The minimum absolute atomic E-state index is 0.0113. The third kappa shape index (κ3) is 3.11. The van der Waals surface area contributed by atoms with E-state index in [9.17, 15) is 4.79 Å². The molecule has 0 unspecified atom stereocenters. The third-order valence-corrected chi connectivity index (χ3v) is 3.73. The van der Waals surface area contributed by atoms with Crippen LogP contribution in [-0.2, 0) is 0 Å². The van der Waals surface area contributed by atoms with E-state index in [2.05, 4.69) is 22.5 Å². The van der Waals surface area contributed by atoms with Crippen LogP contribution in [0.4, 0.5) is 10.5 Å². The number of aromatic nitrogens is 1. The highest BCUT2D eigenvalue weighted by molar-refractivity contribution is 5.92. The first-order valence-corrected chi connectivity index (χ1v) is 7.46. The second-order valence-electron chi connectivity index (χ2n) is 5.25. The molecule has 3 rings (SSSR count). The lowest BCUT2D eigenvalue weighted by atomic mass is 10.1. The molecule has 1 aromatic heterocycles. The molecule has 0 saturated heterocycles. The first-order valence-electron chi connectivity index (χ1n) is 7.46. The fourth-order valence-corrected chi connectivity index (χ4v) is 2.56. The van der Waals surface area contributed by atoms with Crippen LogP contribution >= 0.6 is 0 Å². The number of fused-ring (bicyclic) bond motifs is 1. The van der Waals surface area contributed by atoms with Gasteiger partial charge in [0.15, 0.2) is 0 Å². The second-order valence-corrected chi connectivity index (χ2v) is 5.25. The van der Waals surface area contributed by atoms with Gasteiger partial charge in [-0.05, 0) is 36.2 Å². The summed E-state index contributed by atoms with van der Waals surface area (Å²) in [6.45, 7) is 2.06. The number of hydrogen-bond donors (Lipinski definition) is 3. The van der Waals surface area contributed by atoms with E-state index in [4.69, 9.17) is 0 Å². The van der Waals surface area contributed by atoms with Gasteiger partial charge >= 0.3 is 6.03 Å². The summed E-state index contributed by atoms with van der Waals surface area (Å²) in [7, 11) is 0. The molecule has 0 aliphatic heterocycles. The first kappa shape index (κ1) is 14.2. The highest BCUT2D eigenvalue weighted by Crippen LogP contribution is 2.19. The van der Waals surface area contributed by atoms with E-state index in [0.29, 0.717) is 0 Å². The quantitative estimate of drug-likeness (QED) is 0.654. The van der Waals surface area contributed by atoms with E-state index in [1.165, 1.54) is 0 Å². The van der Waals surface area contributed by atoms with Gasteiger partial charge < -0.3 is 15.6 Å². The normalized spacial score (nSPS) is 12.0. The number of aromatic amines is 1. The van der Waals surface area contributed by atoms with Crippen molar-refractivity contribution in [2.24, 2.45) is 0 Å². The van der Waals surface area contributed by atoms with E-state index in [1.807, 2.05) is 60.8 Å². The molecule has 4 heteroatoms. The number of H-pyrrole nitrogens is 1. The predicted molar refractivity (Wildman–Crippen MR) is 89.9 cm³/mol. The summed E-state index contributed by atoms with van der Waals surface area (Å²) in [6.07, 6.45) is 2.73. The summed E-state index contributed by atoms with van der Waals surface area (Å²) in [5.41, 5.74) is 2.95. The summed E-state index contributed by atoms with van der Waals surface area (Å²) >= 11 is 0. The number of benzene rings is 2. The van der Waals surface area contributed by atoms with Gasteiger partial charge in [-0.2, -0.15) is 0 Å². The van der Waals surface area contributed by atoms with Gasteiger partial charge in [-0.15, -0.1) is 0 Å². The molecule has 3 N–H and O–H groups in total. The summed E-state index contributed by atoms with van der Waals surface area (Å²) in [5, 5.41) is 6.99. The Bertz CT molecular complexity index is 764. The van der Waals surface area contributed by atoms with Crippen molar-refractivity contribution >= 4 is 22.6 Å². The third-order valence-electron chi connectivity index (χ3n) is 3.73. The average Bonchev–Trinajstić information content (AvgIpc) is 3.01. The van der Waals surface area contributed by atoms with Crippen molar-refractivity contribution in [2.45, 2.75) is 19.4 Å². The van der Waals surface area contributed by atoms with Gasteiger partial charge in [0.25, 0.3) is 0 Å². The van der Waals surface area contributed by atoms with Gasteiger partial charge in [0.1, 0.15) is 0 Å². The number of hydrogen-bond acceptors (Lipinski definition) is 1. The predicted octanol–water partition coefficient (Wildman–Crippen LogP) is 4.44. The van der Waals surface area contributed by atoms with Crippen molar-refractivity contribution in [1.82, 2.24) is 10.3 Å². The zero-order valence-corrected chi connectivity index (χ0v) is 12.5. The molecule has 0 spiro atoms. The number of urea groups is 1. The first-order chi connectivity index (χ1) is 10.8. The number of carbonyl (C=O) groups is 1. The molecule has 2 aromatic carbocycles. The fourth-order valence-electron chi connectivity index (χ4n) is 2.56. The Morgan fingerprint density at radius 3 is 2.73 bits per heavy atom. The van der Waals surface area contributed by atoms with Gasteiger partial charge in [0, 0.05) is 22.8 Å². The van der Waals surface area contributed by atoms with Crippen molar-refractivity contribution in [3.8, 4) is 0 Å². The SMILES string of the molecule is CC[C@H](NC(=O)Nc1ccc2[nH]ccc2c1)c1ccccc1. The lowest BCUT2D eigenvalue weighted by Gasteiger charge is -2.18. The molecule has 1 atom stereocenters. The van der Waals surface area contributed by atoms with Gasteiger partial charge in [0.2, 0.25) is 0 Å². The zero-order chi connectivity index (χ0) is 15.4. The van der Waals surface area contributed by atoms with E-state index in [0.717, 1.165) is 28.6 Å². The molecule has 3 aromatic rings. The van der Waals surface area contributed by atoms with Crippen molar-refractivity contribution < 1.29 is 4.79 Å². The van der Waals surface area contributed by atoms with E-state index >= 15 is 0 Å². The molecule has 22 heavy (non-hydrogen) atoms. The maximum atomic E-state index is 12.2. The Morgan fingerprint density at radius 1 is 1.14 bits per heavy atom. The molecule has 0 radical (unpaired) electrons. The molecule has 0 aliphatic carbocycles. The van der Waals surface area contributed by atoms with Crippen LogP contribution in [0.25, 0.3) is 10.9 Å². The van der Waals surface area contributed by atoms with Crippen molar-refractivity contribution in [2.75, 3.05) is 5.32 Å². The summed E-state index contributed by atoms with van der Waals surface area (Å²) in [6, 6.07) is 17.6. The highest BCUT2D eigenvalue weighted by atomic mass is 16.2. The maximum Gasteiger partial charge on any atom is 0.319 e. The number of rotatable bonds is 4. The molecule has 0 fully saturated rings. The van der Waals surface area contributed by atoms with Crippen LogP contribution in [-0.4, -0.2) is 11.0 Å². The molecular formula is C18H19N3O. The number of nitrogens with one attached hydrogen (secondary N) is 3. The van der Waals surface area contributed by atoms with Gasteiger partial charge in [0.05, 0.1) is 6.04 Å². The molecule has 112 valence electrons. The lowest BCUT2D eigenvalue weighted by Crippen LogP contribution is -2.32. The second kappa shape index (κ2) is 6.35. The number of anilines is 1. The largest absolute Gasteiger partial charge is 0.361 e. The number of carbonyl (C=O) groups excluding carboxylic acids is 1. The van der Waals surface area contributed by atoms with Crippen molar-refractivity contribution in [1.29, 1.82) is 0 Å². The van der Waals surface area contributed by atoms with E-state index in [-0.39, 0.29) is 12.1 Å². The fraction of sp³-hybridized carbons (Fsp3) is 0.167. The van der Waals surface area contributed by atoms with Crippen LogP contribution in [0, 0.1) is 0 Å². The van der Waals surface area contributed by atoms with Crippen molar-refractivity contribution in [3.05, 3.63) is 66.4 Å². The molecule has 0 saturated carbocycles. The average molecular weight is 293 g/mol. The van der Waals surface area contributed by atoms with Gasteiger partial charge in [-0.3, -0.25) is 0 Å². The standard InChI is InChI=1S/C18H19N3O/c1-2-16(13-6-4-3-5-7-13)21-18(22)20-15-8-9-17-14(12-15)10-11-19-17/h3-12,16,19H,2H2,1H3,(H2,20,21,22)/t16-/m0/s1. The smallest absolute Gasteiger partial charge is 0.319 e. The van der Waals surface area contributed by atoms with E-state index in [1.54, 1.807) is 0 Å². The zero-order valence-electron chi connectivity index (χ0n) is 12.5. The van der Waals surface area contributed by atoms with Crippen LogP contribution in [0.5, 0.6) is 0 Å². The molecule has 0 bridgehead atoms. The Morgan fingerprint density at radius 2 is 1.95 bits per heavy atom. The minimum atomic E-state index is -0.189.